The molecule has 0 saturated carbocycles. The molecule has 2 N–H and O–H groups in total. The summed E-state index contributed by atoms with van der Waals surface area (Å²) in [6.45, 7) is 0.764. The Morgan fingerprint density at radius 3 is 2.50 bits per heavy atom. The first-order valence-corrected chi connectivity index (χ1v) is 8.09. The van der Waals surface area contributed by atoms with Crippen molar-refractivity contribution in [3.63, 3.8) is 0 Å². The van der Waals surface area contributed by atoms with Gasteiger partial charge in [-0.1, -0.05) is 54.2 Å². The molecule has 112 valence electrons. The summed E-state index contributed by atoms with van der Waals surface area (Å²) < 4.78 is 0. The first kappa shape index (κ1) is 14.9. The van der Waals surface area contributed by atoms with Crippen molar-refractivity contribution in [2.45, 2.75) is 11.3 Å². The minimum atomic E-state index is 0.0657. The minimum absolute atomic E-state index is 0.0657. The Balaban J connectivity index is 2.00. The van der Waals surface area contributed by atoms with Crippen molar-refractivity contribution in [1.29, 1.82) is 0 Å². The zero-order chi connectivity index (χ0) is 15.4. The van der Waals surface area contributed by atoms with E-state index in [1.54, 1.807) is 0 Å². The number of ketones is 1. The van der Waals surface area contributed by atoms with Gasteiger partial charge < -0.3 is 10.4 Å². The number of nitrogens with one attached hydrogen (secondary N) is 1. The third-order valence-corrected chi connectivity index (χ3v) is 4.65. The van der Waals surface area contributed by atoms with Crippen molar-refractivity contribution in [3.8, 4) is 0 Å². The Hall–Kier alpha value is -2.04. The Labute approximate surface area is 134 Å². The Bertz CT molecular complexity index is 710. The second-order valence-electron chi connectivity index (χ2n) is 5.00. The predicted molar refractivity (Wildman–Crippen MR) is 89.7 cm³/mol. The number of benzene rings is 2. The summed E-state index contributed by atoms with van der Waals surface area (Å²) in [5.74, 6) is 0.0657. The van der Waals surface area contributed by atoms with Crippen LogP contribution >= 0.6 is 11.8 Å². The van der Waals surface area contributed by atoms with Crippen molar-refractivity contribution in [2.75, 3.05) is 13.2 Å². The SMILES string of the molecule is O=C1C(=C(NCCCO)c2ccccc2)Sc2ccccc21. The molecule has 0 saturated heterocycles. The highest BCUT2D eigenvalue weighted by atomic mass is 32.2. The summed E-state index contributed by atoms with van der Waals surface area (Å²) in [6, 6.07) is 17.5. The maximum atomic E-state index is 12.7. The van der Waals surface area contributed by atoms with Crippen LogP contribution < -0.4 is 5.32 Å². The zero-order valence-corrected chi connectivity index (χ0v) is 12.9. The van der Waals surface area contributed by atoms with E-state index in [4.69, 9.17) is 5.11 Å². The van der Waals surface area contributed by atoms with Crippen molar-refractivity contribution >= 4 is 23.2 Å². The van der Waals surface area contributed by atoms with Gasteiger partial charge in [0.2, 0.25) is 5.78 Å². The summed E-state index contributed by atoms with van der Waals surface area (Å²) in [7, 11) is 0. The number of Topliss-reactive ketones (excluding diaryl/α,β-unsaturated/α-hetero) is 1. The van der Waals surface area contributed by atoms with Crippen LogP contribution in [0.2, 0.25) is 0 Å². The normalized spacial score (nSPS) is 15.6. The van der Waals surface area contributed by atoms with Crippen LogP contribution in [0.15, 0.2) is 64.4 Å². The molecule has 22 heavy (non-hydrogen) atoms. The van der Waals surface area contributed by atoms with Crippen molar-refractivity contribution < 1.29 is 9.90 Å². The molecule has 1 aliphatic heterocycles. The average Bonchev–Trinajstić information content (AvgIpc) is 2.90. The second-order valence-corrected chi connectivity index (χ2v) is 6.05. The lowest BCUT2D eigenvalue weighted by molar-refractivity contribution is 0.104. The van der Waals surface area contributed by atoms with E-state index in [9.17, 15) is 4.79 Å². The Morgan fingerprint density at radius 1 is 1.05 bits per heavy atom. The molecule has 2 aromatic rings. The fourth-order valence-electron chi connectivity index (χ4n) is 2.40. The molecule has 0 aromatic heterocycles. The molecule has 0 unspecified atom stereocenters. The summed E-state index contributed by atoms with van der Waals surface area (Å²) in [6.07, 6.45) is 0.648. The van der Waals surface area contributed by atoms with Gasteiger partial charge in [0, 0.05) is 23.6 Å². The number of carbonyl (C=O) groups excluding carboxylic acids is 1. The molecule has 3 nitrogen and oxygen atoms in total. The molecule has 1 aliphatic rings. The fourth-order valence-corrected chi connectivity index (χ4v) is 3.53. The molecular weight excluding hydrogens is 294 g/mol. The number of hydrogen-bond donors (Lipinski definition) is 2. The van der Waals surface area contributed by atoms with E-state index in [0.29, 0.717) is 13.0 Å². The molecular formula is C18H17NO2S. The Morgan fingerprint density at radius 2 is 1.77 bits per heavy atom. The Kier molecular flexibility index (Phi) is 4.61. The predicted octanol–water partition coefficient (Wildman–Crippen LogP) is 3.32. The third-order valence-electron chi connectivity index (χ3n) is 3.48. The van der Waals surface area contributed by atoms with Crippen LogP contribution in [0.1, 0.15) is 22.3 Å². The molecule has 0 spiro atoms. The van der Waals surface area contributed by atoms with Crippen LogP contribution in [-0.4, -0.2) is 24.0 Å². The first-order valence-electron chi connectivity index (χ1n) is 7.27. The first-order chi connectivity index (χ1) is 10.8. The van der Waals surface area contributed by atoms with Crippen LogP contribution in [0.3, 0.4) is 0 Å². The van der Waals surface area contributed by atoms with Gasteiger partial charge in [-0.3, -0.25) is 4.79 Å². The highest BCUT2D eigenvalue weighted by Crippen LogP contribution is 2.42. The molecule has 4 heteroatoms. The number of aliphatic hydroxyl groups is 1. The molecule has 0 radical (unpaired) electrons. The highest BCUT2D eigenvalue weighted by molar-refractivity contribution is 8.05. The largest absolute Gasteiger partial charge is 0.396 e. The lowest BCUT2D eigenvalue weighted by Crippen LogP contribution is -2.17. The highest BCUT2D eigenvalue weighted by Gasteiger charge is 2.28. The van der Waals surface area contributed by atoms with Gasteiger partial charge >= 0.3 is 0 Å². The van der Waals surface area contributed by atoms with Gasteiger partial charge in [0.1, 0.15) is 0 Å². The number of allylic oxidation sites excluding steroid dienone is 1. The third kappa shape index (κ3) is 2.93. The van der Waals surface area contributed by atoms with Gasteiger partial charge in [-0.25, -0.2) is 0 Å². The topological polar surface area (TPSA) is 49.3 Å². The molecule has 3 rings (SSSR count). The standard InChI is InChI=1S/C18H17NO2S/c20-12-6-11-19-16(13-7-2-1-3-8-13)18-17(21)14-9-4-5-10-15(14)22-18/h1-5,7-10,19-20H,6,11-12H2. The van der Waals surface area contributed by atoms with Gasteiger partial charge in [0.05, 0.1) is 10.6 Å². The van der Waals surface area contributed by atoms with E-state index < -0.39 is 0 Å². The van der Waals surface area contributed by atoms with E-state index >= 15 is 0 Å². The molecule has 2 aromatic carbocycles. The average molecular weight is 311 g/mol. The summed E-state index contributed by atoms with van der Waals surface area (Å²) >= 11 is 1.51. The van der Waals surface area contributed by atoms with Crippen molar-refractivity contribution in [2.24, 2.45) is 0 Å². The van der Waals surface area contributed by atoms with E-state index in [2.05, 4.69) is 5.32 Å². The van der Waals surface area contributed by atoms with Crippen LogP contribution in [0, 0.1) is 0 Å². The number of fused-ring (bicyclic) bond motifs is 1. The number of thioether (sulfide) groups is 1. The van der Waals surface area contributed by atoms with Crippen LogP contribution in [-0.2, 0) is 0 Å². The van der Waals surface area contributed by atoms with Crippen LogP contribution in [0.4, 0.5) is 0 Å². The van der Waals surface area contributed by atoms with Crippen LogP contribution in [0.5, 0.6) is 0 Å². The molecule has 0 bridgehead atoms. The van der Waals surface area contributed by atoms with E-state index in [1.807, 2.05) is 54.6 Å². The smallest absolute Gasteiger partial charge is 0.202 e. The molecule has 0 fully saturated rings. The van der Waals surface area contributed by atoms with Crippen LogP contribution in [0.25, 0.3) is 5.70 Å². The lowest BCUT2D eigenvalue weighted by atomic mass is 10.1. The number of carbonyl (C=O) groups is 1. The van der Waals surface area contributed by atoms with E-state index in [-0.39, 0.29) is 12.4 Å². The number of rotatable bonds is 5. The molecule has 1 heterocycles. The van der Waals surface area contributed by atoms with E-state index in [0.717, 1.165) is 26.6 Å². The summed E-state index contributed by atoms with van der Waals surface area (Å²) in [5.41, 5.74) is 2.60. The molecule has 0 amide bonds. The lowest BCUT2D eigenvalue weighted by Gasteiger charge is -2.13. The van der Waals surface area contributed by atoms with Gasteiger partial charge in [0.25, 0.3) is 0 Å². The number of aliphatic hydroxyl groups excluding tert-OH is 1. The zero-order valence-electron chi connectivity index (χ0n) is 12.1. The second kappa shape index (κ2) is 6.81. The van der Waals surface area contributed by atoms with Gasteiger partial charge in [-0.2, -0.15) is 0 Å². The van der Waals surface area contributed by atoms with E-state index in [1.165, 1.54) is 11.8 Å². The summed E-state index contributed by atoms with van der Waals surface area (Å²) in [4.78, 5) is 14.4. The quantitative estimate of drug-likeness (QED) is 0.657. The van der Waals surface area contributed by atoms with Gasteiger partial charge in [-0.05, 0) is 24.1 Å². The monoisotopic (exact) mass is 311 g/mol. The van der Waals surface area contributed by atoms with Gasteiger partial charge in [0.15, 0.2) is 0 Å². The minimum Gasteiger partial charge on any atom is -0.396 e. The van der Waals surface area contributed by atoms with Crippen molar-refractivity contribution in [3.05, 3.63) is 70.6 Å². The molecule has 0 aliphatic carbocycles. The molecule has 0 atom stereocenters. The fraction of sp³-hybridized carbons (Fsp3) is 0.167. The maximum absolute atomic E-state index is 12.7. The maximum Gasteiger partial charge on any atom is 0.202 e. The van der Waals surface area contributed by atoms with Crippen molar-refractivity contribution in [1.82, 2.24) is 5.32 Å². The van der Waals surface area contributed by atoms with Gasteiger partial charge in [-0.15, -0.1) is 0 Å². The number of hydrogen-bond acceptors (Lipinski definition) is 4. The summed E-state index contributed by atoms with van der Waals surface area (Å²) in [5, 5.41) is 12.3.